The average molecular weight is 329 g/mol. The number of hydrazine groups is 1. The topological polar surface area (TPSA) is 108 Å². The number of likely N-dealkylation sites (tertiary alicyclic amines) is 1. The molecule has 8 heteroatoms. The van der Waals surface area contributed by atoms with Crippen LogP contribution in [0.3, 0.4) is 0 Å². The lowest BCUT2D eigenvalue weighted by molar-refractivity contribution is -0.124. The fraction of sp³-hybridized carbons (Fsp3) is 0.375. The predicted molar refractivity (Wildman–Crippen MR) is 87.8 cm³/mol. The van der Waals surface area contributed by atoms with Crippen molar-refractivity contribution in [1.29, 1.82) is 0 Å². The second-order valence-electron chi connectivity index (χ2n) is 5.91. The molecule has 1 aromatic carbocycles. The van der Waals surface area contributed by atoms with Gasteiger partial charge in [-0.2, -0.15) is 0 Å². The first-order chi connectivity index (χ1) is 11.5. The van der Waals surface area contributed by atoms with E-state index in [0.29, 0.717) is 18.7 Å². The molecule has 2 heterocycles. The van der Waals surface area contributed by atoms with Gasteiger partial charge < -0.3 is 10.6 Å². The quantitative estimate of drug-likeness (QED) is 0.791. The highest BCUT2D eigenvalue weighted by Crippen LogP contribution is 2.19. The van der Waals surface area contributed by atoms with Gasteiger partial charge in [0.15, 0.2) is 0 Å². The number of hydrogen-bond acceptors (Lipinski definition) is 5. The zero-order chi connectivity index (χ0) is 17.3. The number of amides is 3. The number of carbonyl (C=O) groups excluding carboxylic acids is 3. The highest BCUT2D eigenvalue weighted by Gasteiger charge is 2.36. The van der Waals surface area contributed by atoms with Crippen LogP contribution in [0.25, 0.3) is 0 Å². The van der Waals surface area contributed by atoms with Crippen molar-refractivity contribution in [3.05, 3.63) is 30.3 Å². The summed E-state index contributed by atoms with van der Waals surface area (Å²) in [6.07, 6.45) is 0.547. The van der Waals surface area contributed by atoms with Crippen molar-refractivity contribution in [2.24, 2.45) is 16.6 Å². The second kappa shape index (κ2) is 6.31. The van der Waals surface area contributed by atoms with Crippen LogP contribution in [0.1, 0.15) is 13.3 Å². The normalized spacial score (nSPS) is 23.7. The van der Waals surface area contributed by atoms with Crippen molar-refractivity contribution in [2.75, 3.05) is 18.1 Å². The van der Waals surface area contributed by atoms with Crippen LogP contribution in [-0.4, -0.2) is 47.6 Å². The average Bonchev–Trinajstić information content (AvgIpc) is 3.07. The Hall–Kier alpha value is -2.90. The Morgan fingerprint density at radius 3 is 2.62 bits per heavy atom. The van der Waals surface area contributed by atoms with E-state index in [0.717, 1.165) is 0 Å². The van der Waals surface area contributed by atoms with Crippen LogP contribution in [0, 0.1) is 5.92 Å². The minimum atomic E-state index is -0.667. The molecule has 2 aliphatic heterocycles. The first kappa shape index (κ1) is 16.0. The molecule has 0 saturated carbocycles. The summed E-state index contributed by atoms with van der Waals surface area (Å²) in [5, 5.41) is 1.33. The van der Waals surface area contributed by atoms with E-state index in [4.69, 9.17) is 5.73 Å². The summed E-state index contributed by atoms with van der Waals surface area (Å²) < 4.78 is 0. The Labute approximate surface area is 139 Å². The van der Waals surface area contributed by atoms with Gasteiger partial charge in [-0.15, -0.1) is 0 Å². The van der Waals surface area contributed by atoms with Crippen LogP contribution in [-0.2, 0) is 14.4 Å². The fourth-order valence-corrected chi connectivity index (χ4v) is 2.82. The maximum Gasteiger partial charge on any atom is 0.290 e. The Kier molecular flexibility index (Phi) is 4.20. The largest absolute Gasteiger partial charge is 0.369 e. The van der Waals surface area contributed by atoms with Crippen LogP contribution in [0.15, 0.2) is 35.3 Å². The third-order valence-electron chi connectivity index (χ3n) is 4.21. The number of nitrogens with zero attached hydrogens (tertiary/aromatic N) is 3. The molecule has 1 saturated heterocycles. The number of benzene rings is 1. The number of nitrogens with one attached hydrogen (secondary N) is 1. The third-order valence-corrected chi connectivity index (χ3v) is 4.21. The van der Waals surface area contributed by atoms with Crippen molar-refractivity contribution in [1.82, 2.24) is 10.3 Å². The Bertz CT molecular complexity index is 703. The molecule has 0 radical (unpaired) electrons. The Morgan fingerprint density at radius 1 is 1.29 bits per heavy atom. The van der Waals surface area contributed by atoms with Crippen molar-refractivity contribution in [3.63, 3.8) is 0 Å². The number of aliphatic imine (C=N–C) groups is 1. The molecule has 0 spiro atoms. The highest BCUT2D eigenvalue weighted by molar-refractivity contribution is 6.39. The summed E-state index contributed by atoms with van der Waals surface area (Å²) in [6, 6.07) is 8.32. The zero-order valence-electron chi connectivity index (χ0n) is 13.3. The molecule has 0 unspecified atom stereocenters. The standard InChI is InChI=1S/C16H19N5O3/c1-10-15(23)21(12-5-3-2-4-6-12)19-14(18-10)16(24)20-8-7-11(9-20)13(17)22/h2-6,10-11H,7-9H2,1H3,(H2,17,22)(H,18,19)/t10-,11+/m0/s1. The van der Waals surface area contributed by atoms with E-state index >= 15 is 0 Å². The maximum absolute atomic E-state index is 12.6. The van der Waals surface area contributed by atoms with E-state index in [-0.39, 0.29) is 30.1 Å². The molecule has 2 atom stereocenters. The molecule has 1 aromatic rings. The van der Waals surface area contributed by atoms with Gasteiger partial charge in [-0.3, -0.25) is 19.8 Å². The van der Waals surface area contributed by atoms with Gasteiger partial charge >= 0.3 is 0 Å². The molecule has 3 amide bonds. The zero-order valence-corrected chi connectivity index (χ0v) is 13.3. The van der Waals surface area contributed by atoms with Gasteiger partial charge in [0.05, 0.1) is 11.6 Å². The smallest absolute Gasteiger partial charge is 0.290 e. The van der Waals surface area contributed by atoms with E-state index in [1.54, 1.807) is 31.2 Å². The van der Waals surface area contributed by atoms with Gasteiger partial charge in [-0.05, 0) is 25.5 Å². The number of rotatable bonds is 3. The lowest BCUT2D eigenvalue weighted by Gasteiger charge is -2.31. The van der Waals surface area contributed by atoms with E-state index in [9.17, 15) is 14.4 Å². The molecular formula is C16H19N5O3. The predicted octanol–water partition coefficient (Wildman–Crippen LogP) is -0.341. The summed E-state index contributed by atoms with van der Waals surface area (Å²) in [5.41, 5.74) is 8.73. The number of carbonyl (C=O) groups is 3. The summed E-state index contributed by atoms with van der Waals surface area (Å²) in [5.74, 6) is -1.22. The molecule has 24 heavy (non-hydrogen) atoms. The van der Waals surface area contributed by atoms with E-state index in [1.165, 1.54) is 9.91 Å². The SMILES string of the molecule is C[C@@H]1N=C(C(=O)N2CC[C@@H](C(N)=O)C2)NN(c2ccccc2)C1=O. The molecule has 2 aliphatic rings. The molecule has 126 valence electrons. The molecule has 1 fully saturated rings. The molecule has 8 nitrogen and oxygen atoms in total. The summed E-state index contributed by atoms with van der Waals surface area (Å²) in [7, 11) is 0. The van der Waals surface area contributed by atoms with Gasteiger partial charge in [0, 0.05) is 13.1 Å². The van der Waals surface area contributed by atoms with Gasteiger partial charge in [0.1, 0.15) is 6.04 Å². The Balaban J connectivity index is 1.78. The lowest BCUT2D eigenvalue weighted by Crippen LogP contribution is -2.58. The monoisotopic (exact) mass is 329 g/mol. The number of hydrogen-bond donors (Lipinski definition) is 2. The summed E-state index contributed by atoms with van der Waals surface area (Å²) in [4.78, 5) is 41.9. The van der Waals surface area contributed by atoms with Crippen LogP contribution in [0.2, 0.25) is 0 Å². The number of anilines is 1. The summed E-state index contributed by atoms with van der Waals surface area (Å²) in [6.45, 7) is 2.37. The highest BCUT2D eigenvalue weighted by atomic mass is 16.2. The van der Waals surface area contributed by atoms with E-state index < -0.39 is 11.9 Å². The van der Waals surface area contributed by atoms with Gasteiger partial charge in [-0.25, -0.2) is 10.0 Å². The van der Waals surface area contributed by atoms with E-state index in [1.807, 2.05) is 6.07 Å². The van der Waals surface area contributed by atoms with Crippen LogP contribution in [0.5, 0.6) is 0 Å². The molecule has 0 aromatic heterocycles. The fourth-order valence-electron chi connectivity index (χ4n) is 2.82. The van der Waals surface area contributed by atoms with Crippen molar-refractivity contribution >= 4 is 29.2 Å². The third kappa shape index (κ3) is 2.94. The molecular weight excluding hydrogens is 310 g/mol. The van der Waals surface area contributed by atoms with E-state index in [2.05, 4.69) is 10.4 Å². The van der Waals surface area contributed by atoms with Gasteiger partial charge in [0.25, 0.3) is 11.8 Å². The number of para-hydroxylation sites is 1. The maximum atomic E-state index is 12.6. The van der Waals surface area contributed by atoms with Gasteiger partial charge in [-0.1, -0.05) is 18.2 Å². The number of amidine groups is 1. The summed E-state index contributed by atoms with van der Waals surface area (Å²) >= 11 is 0. The van der Waals surface area contributed by atoms with Crippen LogP contribution >= 0.6 is 0 Å². The van der Waals surface area contributed by atoms with Gasteiger partial charge in [0.2, 0.25) is 11.7 Å². The van der Waals surface area contributed by atoms with Crippen LogP contribution < -0.4 is 16.2 Å². The number of primary amides is 1. The van der Waals surface area contributed by atoms with Crippen molar-refractivity contribution < 1.29 is 14.4 Å². The second-order valence-corrected chi connectivity index (χ2v) is 5.91. The van der Waals surface area contributed by atoms with Crippen molar-refractivity contribution in [2.45, 2.75) is 19.4 Å². The number of nitrogens with two attached hydrogens (primary N) is 1. The van der Waals surface area contributed by atoms with Crippen LogP contribution in [0.4, 0.5) is 5.69 Å². The first-order valence-electron chi connectivity index (χ1n) is 7.79. The Morgan fingerprint density at radius 2 is 2.00 bits per heavy atom. The first-order valence-corrected chi connectivity index (χ1v) is 7.79. The molecule has 3 rings (SSSR count). The lowest BCUT2D eigenvalue weighted by atomic mass is 10.1. The minimum Gasteiger partial charge on any atom is -0.369 e. The molecule has 3 N–H and O–H groups in total. The minimum absolute atomic E-state index is 0.0936. The van der Waals surface area contributed by atoms with Crippen molar-refractivity contribution in [3.8, 4) is 0 Å². The molecule has 0 bridgehead atoms. The molecule has 0 aliphatic carbocycles.